The van der Waals surface area contributed by atoms with Crippen molar-refractivity contribution < 1.29 is 0 Å². The van der Waals surface area contributed by atoms with Crippen LogP contribution in [-0.2, 0) is 6.54 Å². The van der Waals surface area contributed by atoms with E-state index in [2.05, 4.69) is 21.0 Å². The van der Waals surface area contributed by atoms with E-state index >= 15 is 0 Å². The van der Waals surface area contributed by atoms with E-state index in [9.17, 15) is 0 Å². The lowest BCUT2D eigenvalue weighted by atomic mass is 10.2. The molecule has 2 aromatic rings. The molecular formula is C10H10BrN3. The smallest absolute Gasteiger partial charge is 0.0690 e. The molecule has 0 saturated heterocycles. The predicted molar refractivity (Wildman–Crippen MR) is 59.9 cm³/mol. The van der Waals surface area contributed by atoms with Gasteiger partial charge in [0.1, 0.15) is 0 Å². The average molecular weight is 252 g/mol. The molecule has 14 heavy (non-hydrogen) atoms. The van der Waals surface area contributed by atoms with Crippen LogP contribution in [-0.4, -0.2) is 9.78 Å². The molecule has 0 aliphatic carbocycles. The summed E-state index contributed by atoms with van der Waals surface area (Å²) in [6.45, 7) is 0.695. The third kappa shape index (κ3) is 1.80. The Morgan fingerprint density at radius 1 is 1.36 bits per heavy atom. The Morgan fingerprint density at radius 2 is 2.21 bits per heavy atom. The van der Waals surface area contributed by atoms with Gasteiger partial charge in [-0.2, -0.15) is 5.10 Å². The van der Waals surface area contributed by atoms with Gasteiger partial charge < -0.3 is 5.73 Å². The molecule has 0 aliphatic rings. The van der Waals surface area contributed by atoms with Crippen LogP contribution in [0.5, 0.6) is 0 Å². The lowest BCUT2D eigenvalue weighted by molar-refractivity contribution is 0.686. The molecule has 1 aromatic carbocycles. The summed E-state index contributed by atoms with van der Waals surface area (Å²) in [5, 5.41) is 4.13. The van der Waals surface area contributed by atoms with E-state index in [1.807, 2.05) is 35.1 Å². The summed E-state index contributed by atoms with van der Waals surface area (Å²) in [4.78, 5) is 0. The first kappa shape index (κ1) is 9.27. The largest absolute Gasteiger partial charge is 0.398 e. The summed E-state index contributed by atoms with van der Waals surface area (Å²) in [5.41, 5.74) is 7.72. The summed E-state index contributed by atoms with van der Waals surface area (Å²) in [5.74, 6) is 0. The molecule has 1 heterocycles. The molecule has 0 atom stereocenters. The number of benzene rings is 1. The number of rotatable bonds is 2. The van der Waals surface area contributed by atoms with Gasteiger partial charge in [-0.05, 0) is 18.2 Å². The third-order valence-electron chi connectivity index (χ3n) is 2.03. The zero-order valence-corrected chi connectivity index (χ0v) is 9.11. The van der Waals surface area contributed by atoms with Crippen LogP contribution in [0.15, 0.2) is 41.1 Å². The zero-order chi connectivity index (χ0) is 9.97. The predicted octanol–water partition coefficient (Wildman–Crippen LogP) is 2.28. The van der Waals surface area contributed by atoms with Crippen molar-refractivity contribution in [3.63, 3.8) is 0 Å². The van der Waals surface area contributed by atoms with Gasteiger partial charge >= 0.3 is 0 Å². The Hall–Kier alpha value is -1.29. The first-order chi connectivity index (χ1) is 6.77. The summed E-state index contributed by atoms with van der Waals surface area (Å²) < 4.78 is 2.86. The second-order valence-electron chi connectivity index (χ2n) is 3.01. The normalized spacial score (nSPS) is 10.4. The first-order valence-electron chi connectivity index (χ1n) is 4.27. The number of hydrogen-bond acceptors (Lipinski definition) is 2. The van der Waals surface area contributed by atoms with Crippen LogP contribution >= 0.6 is 15.9 Å². The van der Waals surface area contributed by atoms with Crippen LogP contribution in [0.25, 0.3) is 0 Å². The Labute approximate surface area is 90.7 Å². The van der Waals surface area contributed by atoms with Crippen LogP contribution in [0, 0.1) is 0 Å². The van der Waals surface area contributed by atoms with Crippen molar-refractivity contribution in [2.75, 3.05) is 5.73 Å². The molecule has 0 unspecified atom stereocenters. The van der Waals surface area contributed by atoms with E-state index < -0.39 is 0 Å². The number of nitrogens with zero attached hydrogens (tertiary/aromatic N) is 2. The molecule has 72 valence electrons. The number of anilines is 1. The molecule has 3 nitrogen and oxygen atoms in total. The van der Waals surface area contributed by atoms with Gasteiger partial charge in [-0.25, -0.2) is 0 Å². The van der Waals surface area contributed by atoms with Crippen LogP contribution in [0.4, 0.5) is 5.69 Å². The molecule has 0 aliphatic heterocycles. The van der Waals surface area contributed by atoms with E-state index in [1.165, 1.54) is 0 Å². The lowest BCUT2D eigenvalue weighted by Crippen LogP contribution is -2.04. The van der Waals surface area contributed by atoms with E-state index in [0.29, 0.717) is 6.54 Å². The van der Waals surface area contributed by atoms with Crippen LogP contribution in [0.2, 0.25) is 0 Å². The topological polar surface area (TPSA) is 43.8 Å². The van der Waals surface area contributed by atoms with Crippen LogP contribution in [0.3, 0.4) is 0 Å². The zero-order valence-electron chi connectivity index (χ0n) is 7.52. The van der Waals surface area contributed by atoms with Gasteiger partial charge in [0, 0.05) is 28.1 Å². The second kappa shape index (κ2) is 3.84. The van der Waals surface area contributed by atoms with E-state index in [0.717, 1.165) is 15.7 Å². The Bertz CT molecular complexity index is 403. The second-order valence-corrected chi connectivity index (χ2v) is 3.87. The van der Waals surface area contributed by atoms with Crippen molar-refractivity contribution >= 4 is 21.6 Å². The van der Waals surface area contributed by atoms with Gasteiger partial charge in [0.25, 0.3) is 0 Å². The van der Waals surface area contributed by atoms with Gasteiger partial charge in [0.05, 0.1) is 6.54 Å². The highest BCUT2D eigenvalue weighted by Crippen LogP contribution is 2.22. The van der Waals surface area contributed by atoms with E-state index in [4.69, 9.17) is 5.73 Å². The summed E-state index contributed by atoms with van der Waals surface area (Å²) in [6.07, 6.45) is 3.67. The number of halogens is 1. The maximum atomic E-state index is 5.87. The third-order valence-corrected chi connectivity index (χ3v) is 2.78. The van der Waals surface area contributed by atoms with E-state index in [-0.39, 0.29) is 0 Å². The summed E-state index contributed by atoms with van der Waals surface area (Å²) in [6, 6.07) is 7.69. The number of aromatic nitrogens is 2. The molecule has 0 radical (unpaired) electrons. The highest BCUT2D eigenvalue weighted by atomic mass is 79.9. The van der Waals surface area contributed by atoms with Gasteiger partial charge in [-0.3, -0.25) is 4.68 Å². The first-order valence-corrected chi connectivity index (χ1v) is 5.07. The number of hydrogen-bond donors (Lipinski definition) is 1. The Balaban J connectivity index is 2.33. The minimum atomic E-state index is 0.695. The molecule has 0 saturated carbocycles. The van der Waals surface area contributed by atoms with Gasteiger partial charge in [0.15, 0.2) is 0 Å². The standard InChI is InChI=1S/C10H10BrN3/c11-9-3-1-4-10(12)8(9)7-14-6-2-5-13-14/h1-6H,7,12H2. The molecule has 1 aromatic heterocycles. The molecular weight excluding hydrogens is 242 g/mol. The molecule has 0 fully saturated rings. The SMILES string of the molecule is Nc1cccc(Br)c1Cn1cccn1. The van der Waals surface area contributed by atoms with Gasteiger partial charge in [-0.1, -0.05) is 22.0 Å². The average Bonchev–Trinajstić information content (AvgIpc) is 2.64. The fourth-order valence-corrected chi connectivity index (χ4v) is 1.81. The molecule has 0 spiro atoms. The van der Waals surface area contributed by atoms with Crippen molar-refractivity contribution in [2.24, 2.45) is 0 Å². The summed E-state index contributed by atoms with van der Waals surface area (Å²) in [7, 11) is 0. The highest BCUT2D eigenvalue weighted by Gasteiger charge is 2.04. The highest BCUT2D eigenvalue weighted by molar-refractivity contribution is 9.10. The van der Waals surface area contributed by atoms with Crippen molar-refractivity contribution in [2.45, 2.75) is 6.54 Å². The monoisotopic (exact) mass is 251 g/mol. The number of nitrogens with two attached hydrogens (primary N) is 1. The molecule has 0 bridgehead atoms. The minimum absolute atomic E-state index is 0.695. The van der Waals surface area contributed by atoms with Crippen LogP contribution in [0.1, 0.15) is 5.56 Å². The molecule has 4 heteroatoms. The fourth-order valence-electron chi connectivity index (χ4n) is 1.30. The Morgan fingerprint density at radius 3 is 2.86 bits per heavy atom. The minimum Gasteiger partial charge on any atom is -0.398 e. The summed E-state index contributed by atoms with van der Waals surface area (Å²) >= 11 is 3.47. The maximum absolute atomic E-state index is 5.87. The van der Waals surface area contributed by atoms with E-state index in [1.54, 1.807) is 6.20 Å². The number of nitrogen functional groups attached to an aromatic ring is 1. The van der Waals surface area contributed by atoms with Gasteiger partial charge in [0.2, 0.25) is 0 Å². The van der Waals surface area contributed by atoms with Crippen LogP contribution < -0.4 is 5.73 Å². The lowest BCUT2D eigenvalue weighted by Gasteiger charge is -2.07. The fraction of sp³-hybridized carbons (Fsp3) is 0.100. The van der Waals surface area contributed by atoms with Crippen molar-refractivity contribution in [3.8, 4) is 0 Å². The van der Waals surface area contributed by atoms with Crippen molar-refractivity contribution in [1.82, 2.24) is 9.78 Å². The quantitative estimate of drug-likeness (QED) is 0.833. The Kier molecular flexibility index (Phi) is 2.54. The van der Waals surface area contributed by atoms with Gasteiger partial charge in [-0.15, -0.1) is 0 Å². The molecule has 2 N–H and O–H groups in total. The maximum Gasteiger partial charge on any atom is 0.0690 e. The van der Waals surface area contributed by atoms with Crippen molar-refractivity contribution in [3.05, 3.63) is 46.7 Å². The molecule has 2 rings (SSSR count). The van der Waals surface area contributed by atoms with Crippen molar-refractivity contribution in [1.29, 1.82) is 0 Å². The molecule has 0 amide bonds.